The molecule has 0 radical (unpaired) electrons. The summed E-state index contributed by atoms with van der Waals surface area (Å²) in [5, 5.41) is 1.96. The molecule has 2 aromatic heterocycles. The average Bonchev–Trinajstić information content (AvgIpc) is 3.12. The Morgan fingerprint density at radius 3 is 2.52 bits per heavy atom. The molecule has 3 nitrogen and oxygen atoms in total. The molecular weight excluding hydrogens is 342 g/mol. The maximum Gasteiger partial charge on any atom is 0.260 e. The predicted molar refractivity (Wildman–Crippen MR) is 93.4 cm³/mol. The molecule has 0 N–H and O–H groups in total. The Hall–Kier alpha value is -2.60. The topological polar surface area (TPSA) is 33.2 Å². The van der Waals surface area contributed by atoms with Crippen molar-refractivity contribution in [3.8, 4) is 0 Å². The van der Waals surface area contributed by atoms with E-state index in [1.54, 1.807) is 29.8 Å². The Labute approximate surface area is 148 Å². The monoisotopic (exact) mass is 358 g/mol. The van der Waals surface area contributed by atoms with Crippen LogP contribution in [-0.2, 0) is 13.0 Å². The van der Waals surface area contributed by atoms with Gasteiger partial charge >= 0.3 is 0 Å². The Morgan fingerprint density at radius 2 is 1.88 bits per heavy atom. The van der Waals surface area contributed by atoms with E-state index < -0.39 is 23.1 Å². The van der Waals surface area contributed by atoms with Gasteiger partial charge in [-0.3, -0.25) is 9.78 Å². The van der Waals surface area contributed by atoms with Gasteiger partial charge in [-0.05, 0) is 41.6 Å². The molecule has 0 aliphatic carbocycles. The molecule has 0 fully saturated rings. The molecule has 0 aliphatic heterocycles. The molecule has 3 rings (SSSR count). The highest BCUT2D eigenvalue weighted by atomic mass is 32.1. The van der Waals surface area contributed by atoms with Crippen molar-refractivity contribution in [1.29, 1.82) is 0 Å². The van der Waals surface area contributed by atoms with Crippen molar-refractivity contribution in [3.05, 3.63) is 87.9 Å². The van der Waals surface area contributed by atoms with Gasteiger partial charge in [-0.25, -0.2) is 8.78 Å². The SMILES string of the molecule is O=C(c1c(F)cccc1F)N(CCc1cccs1)Cc1cccnc1. The molecule has 3 aromatic rings. The number of halogens is 2. The normalized spacial score (nSPS) is 10.6. The standard InChI is InChI=1S/C19H16F2N2OS/c20-16-6-1-7-17(21)18(16)19(24)23(10-8-15-5-3-11-25-15)13-14-4-2-9-22-12-14/h1-7,9,11-12H,8,10,13H2. The van der Waals surface area contributed by atoms with Crippen molar-refractivity contribution in [2.75, 3.05) is 6.54 Å². The second kappa shape index (κ2) is 7.98. The maximum absolute atomic E-state index is 14.0. The van der Waals surface area contributed by atoms with E-state index in [1.165, 1.54) is 11.0 Å². The lowest BCUT2D eigenvalue weighted by atomic mass is 10.1. The highest BCUT2D eigenvalue weighted by Gasteiger charge is 2.23. The van der Waals surface area contributed by atoms with Gasteiger partial charge in [0.25, 0.3) is 5.91 Å². The van der Waals surface area contributed by atoms with Crippen LogP contribution in [0.15, 0.2) is 60.2 Å². The first-order valence-corrected chi connectivity index (χ1v) is 8.67. The molecule has 6 heteroatoms. The molecule has 1 aromatic carbocycles. The lowest BCUT2D eigenvalue weighted by Gasteiger charge is -2.23. The van der Waals surface area contributed by atoms with E-state index in [2.05, 4.69) is 4.98 Å². The molecule has 0 atom stereocenters. The maximum atomic E-state index is 14.0. The van der Waals surface area contributed by atoms with Crippen LogP contribution in [0.2, 0.25) is 0 Å². The van der Waals surface area contributed by atoms with Gasteiger partial charge in [0.1, 0.15) is 17.2 Å². The molecule has 1 amide bonds. The van der Waals surface area contributed by atoms with Crippen molar-refractivity contribution in [2.45, 2.75) is 13.0 Å². The third kappa shape index (κ3) is 4.28. The zero-order chi connectivity index (χ0) is 17.6. The van der Waals surface area contributed by atoms with Crippen molar-refractivity contribution in [3.63, 3.8) is 0 Å². The number of carbonyl (C=O) groups excluding carboxylic acids is 1. The fraction of sp³-hybridized carbons (Fsp3) is 0.158. The Kier molecular flexibility index (Phi) is 5.50. The zero-order valence-corrected chi connectivity index (χ0v) is 14.2. The van der Waals surface area contributed by atoms with E-state index in [9.17, 15) is 13.6 Å². The molecule has 0 bridgehead atoms. The number of amides is 1. The van der Waals surface area contributed by atoms with Gasteiger partial charge in [-0.1, -0.05) is 18.2 Å². The molecule has 0 spiro atoms. The number of nitrogens with zero attached hydrogens (tertiary/aromatic N) is 2. The largest absolute Gasteiger partial charge is 0.334 e. The molecule has 0 saturated heterocycles. The predicted octanol–water partition coefficient (Wildman–Crippen LogP) is 4.31. The summed E-state index contributed by atoms with van der Waals surface area (Å²) in [6.07, 6.45) is 3.90. The van der Waals surface area contributed by atoms with E-state index in [0.29, 0.717) is 13.0 Å². The Morgan fingerprint density at radius 1 is 1.08 bits per heavy atom. The number of aromatic nitrogens is 1. The van der Waals surface area contributed by atoms with Crippen molar-refractivity contribution < 1.29 is 13.6 Å². The van der Waals surface area contributed by atoms with Crippen LogP contribution in [0.25, 0.3) is 0 Å². The summed E-state index contributed by atoms with van der Waals surface area (Å²) >= 11 is 1.59. The van der Waals surface area contributed by atoms with Crippen LogP contribution in [0, 0.1) is 11.6 Å². The van der Waals surface area contributed by atoms with Crippen molar-refractivity contribution in [1.82, 2.24) is 9.88 Å². The summed E-state index contributed by atoms with van der Waals surface area (Å²) in [5.41, 5.74) is 0.288. The summed E-state index contributed by atoms with van der Waals surface area (Å²) in [7, 11) is 0. The van der Waals surface area contributed by atoms with Crippen molar-refractivity contribution in [2.24, 2.45) is 0 Å². The summed E-state index contributed by atoms with van der Waals surface area (Å²) in [6, 6.07) is 10.9. The lowest BCUT2D eigenvalue weighted by Crippen LogP contribution is -2.33. The summed E-state index contributed by atoms with van der Waals surface area (Å²) in [6.45, 7) is 0.605. The van der Waals surface area contributed by atoms with Crippen LogP contribution in [0.5, 0.6) is 0 Å². The fourth-order valence-electron chi connectivity index (χ4n) is 2.52. The van der Waals surface area contributed by atoms with Gasteiger partial charge < -0.3 is 4.90 Å². The van der Waals surface area contributed by atoms with E-state index in [0.717, 1.165) is 22.6 Å². The van der Waals surface area contributed by atoms with Crippen LogP contribution < -0.4 is 0 Å². The smallest absolute Gasteiger partial charge is 0.260 e. The first-order valence-electron chi connectivity index (χ1n) is 7.79. The van der Waals surface area contributed by atoms with Gasteiger partial charge in [0.05, 0.1) is 0 Å². The van der Waals surface area contributed by atoms with Gasteiger partial charge in [0.15, 0.2) is 0 Å². The first kappa shape index (κ1) is 17.2. The van der Waals surface area contributed by atoms with Crippen LogP contribution in [-0.4, -0.2) is 22.3 Å². The van der Waals surface area contributed by atoms with E-state index in [1.807, 2.05) is 23.6 Å². The number of hydrogen-bond donors (Lipinski definition) is 0. The number of carbonyl (C=O) groups is 1. The Bertz CT molecular complexity index is 818. The highest BCUT2D eigenvalue weighted by Crippen LogP contribution is 2.18. The number of hydrogen-bond acceptors (Lipinski definition) is 3. The van der Waals surface area contributed by atoms with Gasteiger partial charge in [-0.15, -0.1) is 11.3 Å². The first-order chi connectivity index (χ1) is 12.1. The minimum Gasteiger partial charge on any atom is -0.334 e. The summed E-state index contributed by atoms with van der Waals surface area (Å²) < 4.78 is 28.0. The van der Waals surface area contributed by atoms with E-state index >= 15 is 0 Å². The molecule has 0 saturated carbocycles. The van der Waals surface area contributed by atoms with Crippen LogP contribution in [0.4, 0.5) is 8.78 Å². The molecule has 0 aliphatic rings. The third-order valence-electron chi connectivity index (χ3n) is 3.77. The zero-order valence-electron chi connectivity index (χ0n) is 13.4. The number of pyridine rings is 1. The summed E-state index contributed by atoms with van der Waals surface area (Å²) in [5.74, 6) is -2.36. The van der Waals surface area contributed by atoms with Crippen LogP contribution in [0.1, 0.15) is 20.8 Å². The van der Waals surface area contributed by atoms with E-state index in [-0.39, 0.29) is 6.54 Å². The summed E-state index contributed by atoms with van der Waals surface area (Å²) in [4.78, 5) is 19.4. The number of benzene rings is 1. The second-order valence-electron chi connectivity index (χ2n) is 5.51. The van der Waals surface area contributed by atoms with Gasteiger partial charge in [-0.2, -0.15) is 0 Å². The fourth-order valence-corrected chi connectivity index (χ4v) is 3.22. The van der Waals surface area contributed by atoms with Crippen LogP contribution >= 0.6 is 11.3 Å². The van der Waals surface area contributed by atoms with Crippen molar-refractivity contribution >= 4 is 17.2 Å². The Balaban J connectivity index is 1.85. The average molecular weight is 358 g/mol. The molecule has 128 valence electrons. The number of rotatable bonds is 6. The molecule has 0 unspecified atom stereocenters. The van der Waals surface area contributed by atoms with Crippen LogP contribution in [0.3, 0.4) is 0 Å². The third-order valence-corrected chi connectivity index (χ3v) is 4.70. The quantitative estimate of drug-likeness (QED) is 0.658. The minimum absolute atomic E-state index is 0.242. The lowest BCUT2D eigenvalue weighted by molar-refractivity contribution is 0.0735. The molecule has 2 heterocycles. The highest BCUT2D eigenvalue weighted by molar-refractivity contribution is 7.09. The van der Waals surface area contributed by atoms with Gasteiger partial charge in [0, 0.05) is 30.4 Å². The molecule has 25 heavy (non-hydrogen) atoms. The van der Waals surface area contributed by atoms with E-state index in [4.69, 9.17) is 0 Å². The van der Waals surface area contributed by atoms with Gasteiger partial charge in [0.2, 0.25) is 0 Å². The second-order valence-corrected chi connectivity index (χ2v) is 6.55. The number of thiophene rings is 1. The molecular formula is C19H16F2N2OS. The minimum atomic E-state index is -0.850.